The summed E-state index contributed by atoms with van der Waals surface area (Å²) in [6.45, 7) is 0. The summed E-state index contributed by atoms with van der Waals surface area (Å²) in [4.78, 5) is 14.8. The van der Waals surface area contributed by atoms with E-state index in [0.717, 1.165) is 30.2 Å². The van der Waals surface area contributed by atoms with Gasteiger partial charge in [-0.15, -0.1) is 0 Å². The number of fused-ring (bicyclic) bond motifs is 3. The molecule has 0 spiro atoms. The van der Waals surface area contributed by atoms with Crippen molar-refractivity contribution in [1.29, 1.82) is 0 Å². The van der Waals surface area contributed by atoms with E-state index in [2.05, 4.69) is 4.98 Å². The molecule has 1 aromatic heterocycles. The topological polar surface area (TPSA) is 91.1 Å². The number of nitrogens with one attached hydrogen (secondary N) is 2. The maximum absolute atomic E-state index is 11.4. The van der Waals surface area contributed by atoms with E-state index >= 15 is 0 Å². The number of H-pyrrole nitrogens is 1. The Balaban J connectivity index is 2.15. The molecule has 1 unspecified atom stereocenters. The van der Waals surface area contributed by atoms with Crippen molar-refractivity contribution in [2.45, 2.75) is 25.3 Å². The van der Waals surface area contributed by atoms with Crippen LogP contribution in [0.15, 0.2) is 18.2 Å². The van der Waals surface area contributed by atoms with Crippen molar-refractivity contribution in [3.05, 3.63) is 35.0 Å². The lowest BCUT2D eigenvalue weighted by molar-refractivity contribution is 0.0706. The van der Waals surface area contributed by atoms with Gasteiger partial charge in [-0.2, -0.15) is 0 Å². The first-order chi connectivity index (χ1) is 8.69. The quantitative estimate of drug-likeness (QED) is 0.448. The van der Waals surface area contributed by atoms with Gasteiger partial charge in [0, 0.05) is 28.2 Å². The number of amides is 1. The number of hydroxylamine groups is 1. The van der Waals surface area contributed by atoms with Gasteiger partial charge < -0.3 is 10.7 Å². The second-order valence-corrected chi connectivity index (χ2v) is 4.79. The van der Waals surface area contributed by atoms with Crippen molar-refractivity contribution in [2.24, 2.45) is 5.73 Å². The third kappa shape index (κ3) is 1.68. The normalized spacial score (nSPS) is 18.7. The van der Waals surface area contributed by atoms with E-state index in [1.807, 2.05) is 6.07 Å². The molecule has 3 rings (SSSR count). The van der Waals surface area contributed by atoms with Gasteiger partial charge in [0.15, 0.2) is 0 Å². The van der Waals surface area contributed by atoms with Crippen LogP contribution in [-0.4, -0.2) is 22.1 Å². The lowest BCUT2D eigenvalue weighted by Crippen LogP contribution is -2.27. The molecule has 5 nitrogen and oxygen atoms in total. The van der Waals surface area contributed by atoms with Gasteiger partial charge in [0.1, 0.15) is 0 Å². The zero-order valence-corrected chi connectivity index (χ0v) is 9.86. The summed E-state index contributed by atoms with van der Waals surface area (Å²) in [7, 11) is 0. The number of rotatable bonds is 1. The fourth-order valence-electron chi connectivity index (χ4n) is 2.65. The summed E-state index contributed by atoms with van der Waals surface area (Å²) in [5, 5.41) is 9.69. The highest BCUT2D eigenvalue weighted by Gasteiger charge is 2.20. The molecule has 1 aliphatic rings. The second kappa shape index (κ2) is 4.12. The largest absolute Gasteiger partial charge is 0.358 e. The maximum atomic E-state index is 11.4. The first-order valence-electron chi connectivity index (χ1n) is 6.02. The number of hydrogen-bond acceptors (Lipinski definition) is 3. The average Bonchev–Trinajstić information content (AvgIpc) is 2.75. The number of nitrogens with two attached hydrogens (primary N) is 1. The molecule has 5 heteroatoms. The molecular formula is C13H15N3O2. The fraction of sp³-hybridized carbons (Fsp3) is 0.308. The van der Waals surface area contributed by atoms with Gasteiger partial charge in [-0.05, 0) is 43.0 Å². The van der Waals surface area contributed by atoms with E-state index in [1.165, 1.54) is 11.3 Å². The number of hydrogen-bond donors (Lipinski definition) is 4. The van der Waals surface area contributed by atoms with Crippen LogP contribution in [0.4, 0.5) is 0 Å². The average molecular weight is 245 g/mol. The number of aryl methyl sites for hydroxylation is 1. The molecule has 1 aromatic carbocycles. The minimum Gasteiger partial charge on any atom is -0.358 e. The molecule has 1 heterocycles. The highest BCUT2D eigenvalue weighted by Crippen LogP contribution is 2.29. The number of benzene rings is 1. The van der Waals surface area contributed by atoms with E-state index in [9.17, 15) is 4.79 Å². The van der Waals surface area contributed by atoms with Crippen molar-refractivity contribution in [2.75, 3.05) is 0 Å². The maximum Gasteiger partial charge on any atom is 0.274 e. The monoisotopic (exact) mass is 245 g/mol. The molecule has 1 atom stereocenters. The van der Waals surface area contributed by atoms with Gasteiger partial charge in [-0.3, -0.25) is 10.0 Å². The Labute approximate surface area is 104 Å². The Morgan fingerprint density at radius 3 is 3.11 bits per heavy atom. The second-order valence-electron chi connectivity index (χ2n) is 4.79. The SMILES string of the molecule is NC1CCc2[nH]c3ccc(C(=O)NO)cc3c2C1. The van der Waals surface area contributed by atoms with Crippen LogP contribution in [0.1, 0.15) is 28.0 Å². The number of aromatic amines is 1. The van der Waals surface area contributed by atoms with Crippen LogP contribution in [0.25, 0.3) is 10.9 Å². The predicted molar refractivity (Wildman–Crippen MR) is 67.6 cm³/mol. The number of carbonyl (C=O) groups is 1. The summed E-state index contributed by atoms with van der Waals surface area (Å²) >= 11 is 0. The molecular weight excluding hydrogens is 230 g/mol. The first-order valence-corrected chi connectivity index (χ1v) is 6.02. The van der Waals surface area contributed by atoms with Gasteiger partial charge in [-0.25, -0.2) is 5.48 Å². The Hall–Kier alpha value is -1.85. The summed E-state index contributed by atoms with van der Waals surface area (Å²) in [6, 6.07) is 5.54. The van der Waals surface area contributed by atoms with Crippen molar-refractivity contribution in [1.82, 2.24) is 10.5 Å². The van der Waals surface area contributed by atoms with Gasteiger partial charge in [0.25, 0.3) is 5.91 Å². The van der Waals surface area contributed by atoms with Crippen LogP contribution in [0.5, 0.6) is 0 Å². The van der Waals surface area contributed by atoms with Crippen molar-refractivity contribution in [3.8, 4) is 0 Å². The van der Waals surface area contributed by atoms with Crippen LogP contribution in [0, 0.1) is 0 Å². The molecule has 0 fully saturated rings. The van der Waals surface area contributed by atoms with E-state index in [1.54, 1.807) is 17.6 Å². The lowest BCUT2D eigenvalue weighted by Gasteiger charge is -2.18. The molecule has 18 heavy (non-hydrogen) atoms. The van der Waals surface area contributed by atoms with Crippen molar-refractivity contribution >= 4 is 16.8 Å². The van der Waals surface area contributed by atoms with Gasteiger partial charge in [-0.1, -0.05) is 0 Å². The molecule has 0 aliphatic heterocycles. The Bertz CT molecular complexity index is 618. The van der Waals surface area contributed by atoms with E-state index in [4.69, 9.17) is 10.9 Å². The standard InChI is InChI=1S/C13H15N3O2/c14-8-2-4-12-10(6-8)9-5-7(13(17)16-18)1-3-11(9)15-12/h1,3,5,8,15,18H,2,4,6,14H2,(H,16,17). The van der Waals surface area contributed by atoms with Gasteiger partial charge in [0.2, 0.25) is 0 Å². The summed E-state index contributed by atoms with van der Waals surface area (Å²) < 4.78 is 0. The number of aromatic nitrogens is 1. The molecule has 0 radical (unpaired) electrons. The molecule has 0 saturated carbocycles. The highest BCUT2D eigenvalue weighted by molar-refractivity contribution is 5.98. The van der Waals surface area contributed by atoms with Gasteiger partial charge in [0.05, 0.1) is 0 Å². The molecule has 94 valence electrons. The van der Waals surface area contributed by atoms with Crippen LogP contribution < -0.4 is 11.2 Å². The van der Waals surface area contributed by atoms with E-state index in [0.29, 0.717) is 5.56 Å². The number of carbonyl (C=O) groups excluding carboxylic acids is 1. The first kappa shape index (κ1) is 11.3. The van der Waals surface area contributed by atoms with Crippen molar-refractivity contribution < 1.29 is 10.0 Å². The molecule has 0 bridgehead atoms. The van der Waals surface area contributed by atoms with E-state index < -0.39 is 5.91 Å². The molecule has 2 aromatic rings. The third-order valence-electron chi connectivity index (χ3n) is 3.59. The van der Waals surface area contributed by atoms with E-state index in [-0.39, 0.29) is 6.04 Å². The Morgan fingerprint density at radius 1 is 1.50 bits per heavy atom. The zero-order chi connectivity index (χ0) is 12.7. The summed E-state index contributed by atoms with van der Waals surface area (Å²) in [6.07, 6.45) is 2.77. The third-order valence-corrected chi connectivity index (χ3v) is 3.59. The lowest BCUT2D eigenvalue weighted by atomic mass is 9.92. The minimum atomic E-state index is -0.494. The smallest absolute Gasteiger partial charge is 0.274 e. The summed E-state index contributed by atoms with van der Waals surface area (Å²) in [5.41, 5.74) is 11.5. The molecule has 0 saturated heterocycles. The molecule has 1 amide bonds. The molecule has 5 N–H and O–H groups in total. The van der Waals surface area contributed by atoms with Gasteiger partial charge >= 0.3 is 0 Å². The van der Waals surface area contributed by atoms with Crippen LogP contribution >= 0.6 is 0 Å². The van der Waals surface area contributed by atoms with Crippen LogP contribution in [-0.2, 0) is 12.8 Å². The molecule has 1 aliphatic carbocycles. The highest BCUT2D eigenvalue weighted by atomic mass is 16.5. The van der Waals surface area contributed by atoms with Crippen LogP contribution in [0.2, 0.25) is 0 Å². The Morgan fingerprint density at radius 2 is 2.33 bits per heavy atom. The Kier molecular flexibility index (Phi) is 2.57. The minimum absolute atomic E-state index is 0.187. The summed E-state index contributed by atoms with van der Waals surface area (Å²) in [5.74, 6) is -0.494. The fourth-order valence-corrected chi connectivity index (χ4v) is 2.65. The predicted octanol–water partition coefficient (Wildman–Crippen LogP) is 1.10. The van der Waals surface area contributed by atoms with Crippen molar-refractivity contribution in [3.63, 3.8) is 0 Å². The zero-order valence-electron chi connectivity index (χ0n) is 9.86. The van der Waals surface area contributed by atoms with Crippen LogP contribution in [0.3, 0.4) is 0 Å².